The number of allylic oxidation sites excluding steroid dienone is 1. The number of methoxy groups -OCH3 is 1. The van der Waals surface area contributed by atoms with Crippen LogP contribution in [0.4, 0.5) is 0 Å². The Hall–Kier alpha value is -2.99. The van der Waals surface area contributed by atoms with Crippen molar-refractivity contribution in [2.45, 2.75) is 69.8 Å². The van der Waals surface area contributed by atoms with E-state index >= 15 is 0 Å². The number of Topliss-reactive ketones (excluding diaryl/α,β-unsaturated/α-hetero) is 1. The third kappa shape index (κ3) is 7.25. The van der Waals surface area contributed by atoms with Crippen molar-refractivity contribution >= 4 is 23.3 Å². The molecule has 186 valence electrons. The highest BCUT2D eigenvalue weighted by Crippen LogP contribution is 2.38. The Labute approximate surface area is 213 Å². The van der Waals surface area contributed by atoms with Gasteiger partial charge in [0.05, 0.1) is 18.2 Å². The molecule has 1 aliphatic carbocycles. The number of hydrogen-bond acceptors (Lipinski definition) is 6. The number of nitrogens with zero attached hydrogens (tertiary/aromatic N) is 1. The molecule has 1 aliphatic rings. The van der Waals surface area contributed by atoms with Crippen LogP contribution < -0.4 is 15.2 Å². The van der Waals surface area contributed by atoms with Crippen LogP contribution in [-0.4, -0.2) is 24.7 Å². The monoisotopic (exact) mass is 492 g/mol. The van der Waals surface area contributed by atoms with Gasteiger partial charge in [-0.15, -0.1) is 0 Å². The zero-order chi connectivity index (χ0) is 25.4. The quantitative estimate of drug-likeness (QED) is 0.271. The number of hydrogen-bond donors (Lipinski definition) is 1. The topological polar surface area (TPSA) is 73.9 Å². The van der Waals surface area contributed by atoms with Crippen molar-refractivity contribution < 1.29 is 14.3 Å². The van der Waals surface area contributed by atoms with Crippen molar-refractivity contribution in [1.82, 2.24) is 0 Å². The number of thioether (sulfide) groups is 1. The predicted molar refractivity (Wildman–Crippen MR) is 145 cm³/mol. The van der Waals surface area contributed by atoms with Crippen molar-refractivity contribution in [3.05, 3.63) is 77.0 Å². The molecule has 0 heterocycles. The van der Waals surface area contributed by atoms with Crippen molar-refractivity contribution in [1.29, 1.82) is 0 Å². The number of benzene rings is 2. The molecule has 0 amide bonds. The Balaban J connectivity index is 1.87. The lowest BCUT2D eigenvalue weighted by Crippen LogP contribution is -2.15. The summed E-state index contributed by atoms with van der Waals surface area (Å²) in [7, 11) is 1.64. The number of nitrogens with two attached hydrogens (primary N) is 1. The summed E-state index contributed by atoms with van der Waals surface area (Å²) >= 11 is 1.52. The number of aryl methyl sites for hydroxylation is 1. The van der Waals surface area contributed by atoms with Gasteiger partial charge in [0, 0.05) is 22.9 Å². The van der Waals surface area contributed by atoms with E-state index in [-0.39, 0.29) is 17.8 Å². The van der Waals surface area contributed by atoms with E-state index in [0.717, 1.165) is 40.3 Å². The van der Waals surface area contributed by atoms with Crippen LogP contribution in [0, 0.1) is 6.92 Å². The molecular formula is C29H36N2O3S. The summed E-state index contributed by atoms with van der Waals surface area (Å²) in [6, 6.07) is 14.0. The molecule has 0 radical (unpaired) electrons. The first-order valence-corrected chi connectivity index (χ1v) is 12.9. The Morgan fingerprint density at radius 3 is 2.54 bits per heavy atom. The van der Waals surface area contributed by atoms with Crippen LogP contribution in [0.15, 0.2) is 75.7 Å². The summed E-state index contributed by atoms with van der Waals surface area (Å²) in [5, 5.41) is 0.663. The molecule has 6 heteroatoms. The lowest BCUT2D eigenvalue weighted by atomic mass is 9.85. The minimum atomic E-state index is -0.257. The average molecular weight is 493 g/mol. The van der Waals surface area contributed by atoms with Gasteiger partial charge in [0.2, 0.25) is 0 Å². The second-order valence-corrected chi connectivity index (χ2v) is 10.1. The summed E-state index contributed by atoms with van der Waals surface area (Å²) in [4.78, 5) is 18.1. The van der Waals surface area contributed by atoms with Gasteiger partial charge in [-0.25, -0.2) is 4.99 Å². The van der Waals surface area contributed by atoms with Gasteiger partial charge in [0.25, 0.3) is 0 Å². The van der Waals surface area contributed by atoms with Crippen LogP contribution in [-0.2, 0) is 4.79 Å². The van der Waals surface area contributed by atoms with E-state index < -0.39 is 0 Å². The maximum Gasteiger partial charge on any atom is 0.161 e. The van der Waals surface area contributed by atoms with Crippen LogP contribution in [0.25, 0.3) is 0 Å². The highest BCUT2D eigenvalue weighted by molar-refractivity contribution is 8.03. The second-order valence-electron chi connectivity index (χ2n) is 8.97. The van der Waals surface area contributed by atoms with E-state index in [9.17, 15) is 4.79 Å². The molecule has 3 rings (SSSR count). The fourth-order valence-corrected chi connectivity index (χ4v) is 5.25. The minimum Gasteiger partial charge on any atom is -0.493 e. The first-order valence-electron chi connectivity index (χ1n) is 12.1. The van der Waals surface area contributed by atoms with E-state index in [1.807, 2.05) is 37.3 Å². The van der Waals surface area contributed by atoms with Crippen LogP contribution >= 0.6 is 11.8 Å². The van der Waals surface area contributed by atoms with Crippen molar-refractivity contribution in [3.8, 4) is 11.5 Å². The van der Waals surface area contributed by atoms with E-state index in [2.05, 4.69) is 25.6 Å². The third-order valence-electron chi connectivity index (χ3n) is 6.26. The van der Waals surface area contributed by atoms with Gasteiger partial charge in [-0.1, -0.05) is 42.6 Å². The lowest BCUT2D eigenvalue weighted by molar-refractivity contribution is -0.117. The smallest absolute Gasteiger partial charge is 0.161 e. The Morgan fingerprint density at radius 1 is 1.20 bits per heavy atom. The molecule has 1 saturated carbocycles. The molecule has 5 nitrogen and oxygen atoms in total. The van der Waals surface area contributed by atoms with Crippen molar-refractivity contribution in [3.63, 3.8) is 0 Å². The molecule has 1 unspecified atom stereocenters. The van der Waals surface area contributed by atoms with Gasteiger partial charge in [0.1, 0.15) is 5.78 Å². The van der Waals surface area contributed by atoms with Gasteiger partial charge in [-0.05, 0) is 87.6 Å². The summed E-state index contributed by atoms with van der Waals surface area (Å²) in [6.07, 6.45) is 6.61. The number of carbonyl (C=O) groups is 1. The SMILES string of the molecule is C=C(/N=C(C)/C(=C\N)C(CC(C)=O)c1ccc(OC2CCCC2)c(OC)c1)Sc1ccccc1C. The molecule has 0 aromatic heterocycles. The zero-order valence-electron chi connectivity index (χ0n) is 21.2. The highest BCUT2D eigenvalue weighted by atomic mass is 32.2. The second kappa shape index (κ2) is 12.6. The molecule has 0 aliphatic heterocycles. The van der Waals surface area contributed by atoms with Gasteiger partial charge in [-0.2, -0.15) is 0 Å². The van der Waals surface area contributed by atoms with Gasteiger partial charge in [-0.3, -0.25) is 4.79 Å². The third-order valence-corrected chi connectivity index (χ3v) is 7.27. The molecule has 35 heavy (non-hydrogen) atoms. The summed E-state index contributed by atoms with van der Waals surface area (Å²) in [5.74, 6) is 1.21. The summed E-state index contributed by atoms with van der Waals surface area (Å²) in [6.45, 7) is 9.70. The fraction of sp³-hybridized carbons (Fsp3) is 0.379. The number of ether oxygens (including phenoxy) is 2. The fourth-order valence-electron chi connectivity index (χ4n) is 4.44. The largest absolute Gasteiger partial charge is 0.493 e. The molecule has 2 aromatic carbocycles. The molecule has 2 N–H and O–H groups in total. The molecule has 0 spiro atoms. The number of ketones is 1. The van der Waals surface area contributed by atoms with Crippen molar-refractivity contribution in [2.24, 2.45) is 10.7 Å². The molecule has 1 atom stereocenters. The molecule has 2 aromatic rings. The van der Waals surface area contributed by atoms with Crippen LogP contribution in [0.1, 0.15) is 63.0 Å². The van der Waals surface area contributed by atoms with Crippen LogP contribution in [0.5, 0.6) is 11.5 Å². The zero-order valence-corrected chi connectivity index (χ0v) is 22.0. The molecule has 1 fully saturated rings. The van der Waals surface area contributed by atoms with Crippen LogP contribution in [0.3, 0.4) is 0 Å². The maximum atomic E-state index is 12.2. The number of rotatable bonds is 11. The standard InChI is InChI=1S/C29H36N2O3S/c1-19-10-6-9-13-29(19)35-22(4)31-21(3)26(18-30)25(16-20(2)32)23-14-15-27(28(17-23)33-5)34-24-11-7-8-12-24/h6,9-10,13-15,17-18,24-25H,4,7-8,11-12,16,30H2,1-3,5H3/b26-18+,31-21+. The Bertz CT molecular complexity index is 1120. The highest BCUT2D eigenvalue weighted by Gasteiger charge is 2.24. The normalized spacial score (nSPS) is 15.7. The van der Waals surface area contributed by atoms with E-state index in [0.29, 0.717) is 17.2 Å². The Kier molecular flexibility index (Phi) is 9.61. The van der Waals surface area contributed by atoms with E-state index in [4.69, 9.17) is 20.2 Å². The summed E-state index contributed by atoms with van der Waals surface area (Å²) < 4.78 is 11.9. The van der Waals surface area contributed by atoms with E-state index in [1.54, 1.807) is 20.2 Å². The average Bonchev–Trinajstić information content (AvgIpc) is 3.33. The van der Waals surface area contributed by atoms with E-state index in [1.165, 1.54) is 30.2 Å². The summed E-state index contributed by atoms with van der Waals surface area (Å²) in [5.41, 5.74) is 9.72. The van der Waals surface area contributed by atoms with Gasteiger partial charge < -0.3 is 15.2 Å². The van der Waals surface area contributed by atoms with Crippen LogP contribution in [0.2, 0.25) is 0 Å². The first-order chi connectivity index (χ1) is 16.8. The number of aliphatic imine (C=N–C) groups is 1. The minimum absolute atomic E-state index is 0.0699. The first kappa shape index (κ1) is 26.6. The molecule has 0 saturated heterocycles. The van der Waals surface area contributed by atoms with Gasteiger partial charge >= 0.3 is 0 Å². The predicted octanol–water partition coefficient (Wildman–Crippen LogP) is 6.95. The molecule has 0 bridgehead atoms. The molecular weight excluding hydrogens is 456 g/mol. The van der Waals surface area contributed by atoms with Crippen molar-refractivity contribution in [2.75, 3.05) is 7.11 Å². The maximum absolute atomic E-state index is 12.2. The lowest BCUT2D eigenvalue weighted by Gasteiger charge is -2.22. The number of carbonyl (C=O) groups excluding carboxylic acids is 1. The Morgan fingerprint density at radius 2 is 1.91 bits per heavy atom. The van der Waals surface area contributed by atoms with Gasteiger partial charge in [0.15, 0.2) is 11.5 Å².